The van der Waals surface area contributed by atoms with Crippen molar-refractivity contribution in [3.63, 3.8) is 0 Å². The van der Waals surface area contributed by atoms with Crippen molar-refractivity contribution in [3.8, 4) is 0 Å². The van der Waals surface area contributed by atoms with Crippen molar-refractivity contribution in [3.05, 3.63) is 0 Å². The molecular weight excluding hydrogens is 252 g/mol. The highest BCUT2D eigenvalue weighted by Gasteiger charge is 2.34. The number of rotatable bonds is 4. The van der Waals surface area contributed by atoms with E-state index in [4.69, 9.17) is 5.11 Å². The molecule has 0 saturated heterocycles. The van der Waals surface area contributed by atoms with E-state index in [0.717, 1.165) is 19.3 Å². The number of carbonyl (C=O) groups is 1. The zero-order valence-corrected chi connectivity index (χ0v) is 12.3. The first-order valence-electron chi connectivity index (χ1n) is 6.37. The standard InChI is InChI=1S/C12H24N2O3S/c1-8(14-18(17)12(2,3)4)9-5-6-10(7-9)13-11(15)16/h8-10,13-14H,5-7H2,1-4H3,(H,15,16)/t8-,9-,10+,18-/m0/s1. The molecule has 0 aromatic carbocycles. The predicted molar refractivity (Wildman–Crippen MR) is 72.8 cm³/mol. The van der Waals surface area contributed by atoms with E-state index in [-0.39, 0.29) is 16.8 Å². The van der Waals surface area contributed by atoms with Crippen LogP contribution in [0.5, 0.6) is 0 Å². The molecule has 0 radical (unpaired) electrons. The fraction of sp³-hybridized carbons (Fsp3) is 0.917. The summed E-state index contributed by atoms with van der Waals surface area (Å²) in [6, 6.07) is 0.186. The van der Waals surface area contributed by atoms with Gasteiger partial charge in [0.2, 0.25) is 0 Å². The second kappa shape index (κ2) is 6.12. The van der Waals surface area contributed by atoms with Crippen LogP contribution in [-0.4, -0.2) is 32.6 Å². The van der Waals surface area contributed by atoms with Gasteiger partial charge in [-0.3, -0.25) is 0 Å². The molecule has 18 heavy (non-hydrogen) atoms. The SMILES string of the molecule is C[C@H](N[S@@+]([O-])C(C)(C)C)[C@H]1CC[C@@H](NC(=O)O)C1. The van der Waals surface area contributed by atoms with Crippen molar-refractivity contribution in [2.45, 2.75) is 63.8 Å². The minimum atomic E-state index is -1.07. The van der Waals surface area contributed by atoms with Crippen molar-refractivity contribution in [1.82, 2.24) is 10.0 Å². The molecule has 0 heterocycles. The van der Waals surface area contributed by atoms with Crippen LogP contribution in [0.25, 0.3) is 0 Å². The highest BCUT2D eigenvalue weighted by Crippen LogP contribution is 2.29. The van der Waals surface area contributed by atoms with E-state index in [0.29, 0.717) is 5.92 Å². The average Bonchev–Trinajstić information content (AvgIpc) is 2.63. The summed E-state index contributed by atoms with van der Waals surface area (Å²) in [7, 11) is 0. The lowest BCUT2D eigenvalue weighted by Crippen LogP contribution is -2.46. The first-order chi connectivity index (χ1) is 8.20. The molecule has 1 rings (SSSR count). The first-order valence-corrected chi connectivity index (χ1v) is 7.52. The molecule has 1 amide bonds. The van der Waals surface area contributed by atoms with E-state index in [1.54, 1.807) is 0 Å². The Balaban J connectivity index is 2.40. The lowest BCUT2D eigenvalue weighted by Gasteiger charge is -2.28. The van der Waals surface area contributed by atoms with E-state index in [1.807, 2.05) is 27.7 Å². The molecular formula is C12H24N2O3S. The van der Waals surface area contributed by atoms with Crippen molar-refractivity contribution < 1.29 is 14.5 Å². The third kappa shape index (κ3) is 4.66. The molecule has 0 unspecified atom stereocenters. The Kier molecular flexibility index (Phi) is 5.31. The Hall–Kier alpha value is -0.460. The van der Waals surface area contributed by atoms with Crippen molar-refractivity contribution in [2.75, 3.05) is 0 Å². The Bertz CT molecular complexity index is 294. The Morgan fingerprint density at radius 1 is 1.44 bits per heavy atom. The zero-order chi connectivity index (χ0) is 13.9. The Labute approximate surface area is 112 Å². The van der Waals surface area contributed by atoms with Crippen LogP contribution < -0.4 is 10.0 Å². The molecule has 0 aromatic heterocycles. The van der Waals surface area contributed by atoms with Gasteiger partial charge in [-0.15, -0.1) is 4.72 Å². The highest BCUT2D eigenvalue weighted by molar-refractivity contribution is 7.90. The second-order valence-electron chi connectivity index (χ2n) is 6.01. The summed E-state index contributed by atoms with van der Waals surface area (Å²) >= 11 is -1.07. The third-order valence-electron chi connectivity index (χ3n) is 3.36. The summed E-state index contributed by atoms with van der Waals surface area (Å²) in [5.74, 6) is 0.383. The fourth-order valence-corrected chi connectivity index (χ4v) is 3.10. The van der Waals surface area contributed by atoms with Crippen LogP contribution in [-0.2, 0) is 11.4 Å². The van der Waals surface area contributed by atoms with Crippen molar-refractivity contribution in [2.24, 2.45) is 5.92 Å². The largest absolute Gasteiger partial charge is 0.598 e. The van der Waals surface area contributed by atoms with Crippen LogP contribution in [0.2, 0.25) is 0 Å². The predicted octanol–water partition coefficient (Wildman–Crippen LogP) is 1.86. The van der Waals surface area contributed by atoms with Gasteiger partial charge in [-0.05, 0) is 52.9 Å². The van der Waals surface area contributed by atoms with Gasteiger partial charge < -0.3 is 15.0 Å². The van der Waals surface area contributed by atoms with Crippen molar-refractivity contribution >= 4 is 17.5 Å². The molecule has 0 aromatic rings. The molecule has 4 atom stereocenters. The van der Waals surface area contributed by atoms with Crippen LogP contribution >= 0.6 is 0 Å². The minimum Gasteiger partial charge on any atom is -0.598 e. The Morgan fingerprint density at radius 3 is 2.56 bits per heavy atom. The molecule has 0 bridgehead atoms. The molecule has 1 aliphatic rings. The number of hydrogen-bond donors (Lipinski definition) is 3. The van der Waals surface area contributed by atoms with Crippen LogP contribution in [0.1, 0.15) is 47.0 Å². The van der Waals surface area contributed by atoms with Gasteiger partial charge in [0.1, 0.15) is 4.75 Å². The summed E-state index contributed by atoms with van der Waals surface area (Å²) in [4.78, 5) is 10.6. The van der Waals surface area contributed by atoms with E-state index >= 15 is 0 Å². The third-order valence-corrected chi connectivity index (χ3v) is 5.06. The topological polar surface area (TPSA) is 84.4 Å². The van der Waals surface area contributed by atoms with E-state index < -0.39 is 17.5 Å². The monoisotopic (exact) mass is 276 g/mol. The number of hydrogen-bond acceptors (Lipinski definition) is 3. The summed E-state index contributed by atoms with van der Waals surface area (Å²) < 4.78 is 14.8. The summed E-state index contributed by atoms with van der Waals surface area (Å²) in [5.41, 5.74) is 0. The van der Waals surface area contributed by atoms with Gasteiger partial charge in [0.25, 0.3) is 0 Å². The van der Waals surface area contributed by atoms with Crippen LogP contribution in [0, 0.1) is 5.92 Å². The minimum absolute atomic E-state index is 0.0415. The van der Waals surface area contributed by atoms with Crippen LogP contribution in [0.4, 0.5) is 4.79 Å². The molecule has 1 fully saturated rings. The van der Waals surface area contributed by atoms with Gasteiger partial charge in [-0.25, -0.2) is 4.79 Å². The molecule has 6 heteroatoms. The lowest BCUT2D eigenvalue weighted by molar-refractivity contribution is 0.189. The highest BCUT2D eigenvalue weighted by atomic mass is 32.2. The van der Waals surface area contributed by atoms with Crippen LogP contribution in [0.3, 0.4) is 0 Å². The van der Waals surface area contributed by atoms with Gasteiger partial charge in [0, 0.05) is 17.4 Å². The molecule has 1 aliphatic carbocycles. The lowest BCUT2D eigenvalue weighted by atomic mass is 10.0. The van der Waals surface area contributed by atoms with Gasteiger partial charge in [0.15, 0.2) is 0 Å². The first kappa shape index (κ1) is 15.6. The summed E-state index contributed by atoms with van der Waals surface area (Å²) in [6.07, 6.45) is 1.70. The molecule has 0 spiro atoms. The number of carboxylic acid groups (broad SMARTS) is 1. The quantitative estimate of drug-likeness (QED) is 0.684. The van der Waals surface area contributed by atoms with Gasteiger partial charge in [0.05, 0.1) is 6.04 Å². The van der Waals surface area contributed by atoms with Crippen LogP contribution in [0.15, 0.2) is 0 Å². The smallest absolute Gasteiger partial charge is 0.404 e. The maximum absolute atomic E-state index is 12.0. The molecule has 3 N–H and O–H groups in total. The average molecular weight is 276 g/mol. The number of nitrogens with one attached hydrogen (secondary N) is 2. The van der Waals surface area contributed by atoms with Gasteiger partial charge >= 0.3 is 6.09 Å². The molecule has 5 nitrogen and oxygen atoms in total. The maximum Gasteiger partial charge on any atom is 0.404 e. The normalized spacial score (nSPS) is 27.8. The molecule has 106 valence electrons. The van der Waals surface area contributed by atoms with Crippen molar-refractivity contribution in [1.29, 1.82) is 0 Å². The Morgan fingerprint density at radius 2 is 2.06 bits per heavy atom. The van der Waals surface area contributed by atoms with E-state index in [1.165, 1.54) is 0 Å². The summed E-state index contributed by atoms with van der Waals surface area (Å²) in [5, 5.41) is 11.2. The molecule has 1 saturated carbocycles. The van der Waals surface area contributed by atoms with Gasteiger partial charge in [-0.2, -0.15) is 0 Å². The summed E-state index contributed by atoms with van der Waals surface area (Å²) in [6.45, 7) is 7.84. The van der Waals surface area contributed by atoms with Gasteiger partial charge in [-0.1, -0.05) is 0 Å². The zero-order valence-electron chi connectivity index (χ0n) is 11.5. The second-order valence-corrected chi connectivity index (χ2v) is 8.01. The fourth-order valence-electron chi connectivity index (χ4n) is 2.22. The maximum atomic E-state index is 12.0. The number of amides is 1. The van der Waals surface area contributed by atoms with E-state index in [2.05, 4.69) is 10.0 Å². The molecule has 0 aliphatic heterocycles. The van der Waals surface area contributed by atoms with E-state index in [9.17, 15) is 9.35 Å².